The van der Waals surface area contributed by atoms with Gasteiger partial charge in [-0.15, -0.1) is 0 Å². The SMILES string of the molecule is FC(F)(F)c1cnc(C2CNC2)nc1.O=C1CCC(N2Cc3cc(OC4CCCCC4)ccc3C2=O)C(=O)N1. The molecular weight excluding hydrogens is 515 g/mol. The van der Waals surface area contributed by atoms with Crippen molar-refractivity contribution < 1.29 is 32.3 Å². The van der Waals surface area contributed by atoms with Crippen LogP contribution >= 0.6 is 0 Å². The van der Waals surface area contributed by atoms with E-state index < -0.39 is 17.8 Å². The van der Waals surface area contributed by atoms with Gasteiger partial charge in [-0.05, 0) is 55.9 Å². The molecule has 1 aromatic carbocycles. The molecule has 0 bridgehead atoms. The molecule has 1 saturated carbocycles. The fraction of sp³-hybridized carbons (Fsp3) is 0.519. The van der Waals surface area contributed by atoms with E-state index in [-0.39, 0.29) is 36.2 Å². The summed E-state index contributed by atoms with van der Waals surface area (Å²) in [7, 11) is 0. The fourth-order valence-corrected chi connectivity index (χ4v) is 5.17. The van der Waals surface area contributed by atoms with Crippen LogP contribution in [0, 0.1) is 0 Å². The molecule has 0 radical (unpaired) electrons. The highest BCUT2D eigenvalue weighted by atomic mass is 19.4. The Morgan fingerprint density at radius 2 is 1.69 bits per heavy atom. The number of benzene rings is 1. The maximum absolute atomic E-state index is 12.6. The predicted molar refractivity (Wildman–Crippen MR) is 133 cm³/mol. The van der Waals surface area contributed by atoms with Crippen LogP contribution in [0.5, 0.6) is 5.75 Å². The summed E-state index contributed by atoms with van der Waals surface area (Å²) >= 11 is 0. The minimum atomic E-state index is -4.35. The Labute approximate surface area is 223 Å². The summed E-state index contributed by atoms with van der Waals surface area (Å²) in [5, 5.41) is 5.33. The number of imide groups is 1. The fourth-order valence-electron chi connectivity index (χ4n) is 5.17. The molecular formula is C27H30F3N5O4. The highest BCUT2D eigenvalue weighted by Crippen LogP contribution is 2.32. The van der Waals surface area contributed by atoms with Crippen LogP contribution in [-0.4, -0.2) is 57.8 Å². The van der Waals surface area contributed by atoms with E-state index in [4.69, 9.17) is 4.74 Å². The number of carbonyl (C=O) groups is 3. The second-order valence-electron chi connectivity index (χ2n) is 10.3. The third-order valence-electron chi connectivity index (χ3n) is 7.50. The smallest absolute Gasteiger partial charge is 0.419 e. The molecule has 1 unspecified atom stereocenters. The first kappa shape index (κ1) is 27.0. The maximum atomic E-state index is 12.6. The third kappa shape index (κ3) is 6.21. The largest absolute Gasteiger partial charge is 0.490 e. The Morgan fingerprint density at radius 3 is 2.31 bits per heavy atom. The van der Waals surface area contributed by atoms with Gasteiger partial charge >= 0.3 is 6.18 Å². The maximum Gasteiger partial charge on any atom is 0.419 e. The van der Waals surface area contributed by atoms with Crippen molar-refractivity contribution in [1.82, 2.24) is 25.5 Å². The van der Waals surface area contributed by atoms with Gasteiger partial charge in [-0.25, -0.2) is 9.97 Å². The molecule has 1 aromatic heterocycles. The molecule has 4 heterocycles. The third-order valence-corrected chi connectivity index (χ3v) is 7.50. The average Bonchev–Trinajstić information content (AvgIpc) is 3.19. The summed E-state index contributed by atoms with van der Waals surface area (Å²) in [4.78, 5) is 45.0. The van der Waals surface area contributed by atoms with Crippen LogP contribution in [0.4, 0.5) is 13.2 Å². The van der Waals surface area contributed by atoms with Crippen LogP contribution in [0.3, 0.4) is 0 Å². The zero-order valence-corrected chi connectivity index (χ0v) is 21.3. The van der Waals surface area contributed by atoms with Crippen molar-refractivity contribution in [2.45, 2.75) is 75.7 Å². The number of fused-ring (bicyclic) bond motifs is 1. The zero-order valence-electron chi connectivity index (χ0n) is 21.3. The first-order chi connectivity index (χ1) is 18.7. The van der Waals surface area contributed by atoms with Gasteiger partial charge in [0.15, 0.2) is 0 Å². The van der Waals surface area contributed by atoms with Gasteiger partial charge in [0.25, 0.3) is 5.91 Å². The Bertz CT molecular complexity index is 1230. The van der Waals surface area contributed by atoms with Gasteiger partial charge in [-0.1, -0.05) is 6.42 Å². The highest BCUT2D eigenvalue weighted by molar-refractivity contribution is 6.05. The molecule has 208 valence electrons. The van der Waals surface area contributed by atoms with Gasteiger partial charge in [0.05, 0.1) is 11.7 Å². The van der Waals surface area contributed by atoms with Crippen LogP contribution < -0.4 is 15.4 Å². The van der Waals surface area contributed by atoms with Gasteiger partial charge in [0.1, 0.15) is 17.6 Å². The Kier molecular flexibility index (Phi) is 7.83. The van der Waals surface area contributed by atoms with Gasteiger partial charge in [-0.2, -0.15) is 13.2 Å². The number of piperidine rings is 1. The predicted octanol–water partition coefficient (Wildman–Crippen LogP) is 3.34. The van der Waals surface area contributed by atoms with Crippen molar-refractivity contribution in [1.29, 1.82) is 0 Å². The highest BCUT2D eigenvalue weighted by Gasteiger charge is 2.39. The first-order valence-corrected chi connectivity index (χ1v) is 13.2. The second-order valence-corrected chi connectivity index (χ2v) is 10.3. The number of rotatable bonds is 4. The molecule has 3 fully saturated rings. The lowest BCUT2D eigenvalue weighted by atomic mass is 9.98. The molecule has 0 spiro atoms. The van der Waals surface area contributed by atoms with Crippen LogP contribution in [-0.2, 0) is 22.3 Å². The van der Waals surface area contributed by atoms with Crippen LogP contribution in [0.15, 0.2) is 30.6 Å². The summed E-state index contributed by atoms with van der Waals surface area (Å²) in [5.74, 6) is 0.649. The molecule has 3 amide bonds. The van der Waals surface area contributed by atoms with E-state index in [0.717, 1.165) is 49.6 Å². The summed E-state index contributed by atoms with van der Waals surface area (Å²) in [6.07, 6.45) is 4.08. The molecule has 12 heteroatoms. The van der Waals surface area contributed by atoms with E-state index in [0.29, 0.717) is 24.4 Å². The molecule has 1 atom stereocenters. The van der Waals surface area contributed by atoms with E-state index >= 15 is 0 Å². The lowest BCUT2D eigenvalue weighted by Crippen LogP contribution is -2.52. The van der Waals surface area contributed by atoms with E-state index in [2.05, 4.69) is 20.6 Å². The quantitative estimate of drug-likeness (QED) is 0.567. The Hall–Kier alpha value is -3.54. The number of ether oxygens (including phenoxy) is 1. The van der Waals surface area contributed by atoms with E-state index in [1.807, 2.05) is 12.1 Å². The normalized spacial score (nSPS) is 22.0. The van der Waals surface area contributed by atoms with E-state index in [1.165, 1.54) is 19.3 Å². The number of hydrogen-bond acceptors (Lipinski definition) is 7. The summed E-state index contributed by atoms with van der Waals surface area (Å²) in [6.45, 7) is 1.87. The van der Waals surface area contributed by atoms with Crippen molar-refractivity contribution in [2.75, 3.05) is 13.1 Å². The molecule has 3 aliphatic heterocycles. The monoisotopic (exact) mass is 545 g/mol. The number of halogens is 3. The number of hydrogen-bond donors (Lipinski definition) is 2. The lowest BCUT2D eigenvalue weighted by molar-refractivity contribution is -0.138. The van der Waals surface area contributed by atoms with Crippen LogP contribution in [0.1, 0.15) is 78.2 Å². The van der Waals surface area contributed by atoms with Crippen molar-refractivity contribution in [3.63, 3.8) is 0 Å². The average molecular weight is 546 g/mol. The molecule has 2 saturated heterocycles. The topological polar surface area (TPSA) is 114 Å². The van der Waals surface area contributed by atoms with Gasteiger partial charge in [0, 0.05) is 49.9 Å². The Balaban J connectivity index is 0.000000186. The number of amides is 3. The minimum absolute atomic E-state index is 0.145. The van der Waals surface area contributed by atoms with Crippen molar-refractivity contribution in [3.05, 3.63) is 53.1 Å². The molecule has 9 nitrogen and oxygen atoms in total. The molecule has 4 aliphatic rings. The number of nitrogens with one attached hydrogen (secondary N) is 2. The molecule has 2 N–H and O–H groups in total. The minimum Gasteiger partial charge on any atom is -0.490 e. The van der Waals surface area contributed by atoms with Crippen LogP contribution in [0.2, 0.25) is 0 Å². The van der Waals surface area contributed by atoms with Crippen LogP contribution in [0.25, 0.3) is 0 Å². The first-order valence-electron chi connectivity index (χ1n) is 13.2. The zero-order chi connectivity index (χ0) is 27.6. The van der Waals surface area contributed by atoms with Crippen molar-refractivity contribution in [2.24, 2.45) is 0 Å². The number of alkyl halides is 3. The molecule has 1 aliphatic carbocycles. The number of aromatic nitrogens is 2. The van der Waals surface area contributed by atoms with Gasteiger partial charge < -0.3 is 15.0 Å². The van der Waals surface area contributed by atoms with Gasteiger partial charge in [-0.3, -0.25) is 19.7 Å². The molecule has 2 aromatic rings. The van der Waals surface area contributed by atoms with E-state index in [9.17, 15) is 27.6 Å². The lowest BCUT2D eigenvalue weighted by Gasteiger charge is -2.29. The standard InChI is InChI=1S/C19H22N2O4.C8H8F3N3/c22-17-9-8-16(18(23)20-17)21-11-12-10-14(6-7-15(12)19(21)24)25-13-4-2-1-3-5-13;9-8(10,11)6-3-13-7(14-4-6)5-1-12-2-5/h6-7,10,13,16H,1-5,8-9,11H2,(H,20,22,23);3-5,12H,1-2H2. The van der Waals surface area contributed by atoms with Crippen molar-refractivity contribution in [3.8, 4) is 5.75 Å². The number of carbonyl (C=O) groups excluding carboxylic acids is 3. The summed E-state index contributed by atoms with van der Waals surface area (Å²) < 4.78 is 42.5. The second kappa shape index (κ2) is 11.3. The Morgan fingerprint density at radius 1 is 0.974 bits per heavy atom. The summed E-state index contributed by atoms with van der Waals surface area (Å²) in [6, 6.07) is 5.00. The number of nitrogens with zero attached hydrogens (tertiary/aromatic N) is 3. The summed E-state index contributed by atoms with van der Waals surface area (Å²) in [5.41, 5.74) is 0.720. The van der Waals surface area contributed by atoms with Crippen molar-refractivity contribution >= 4 is 17.7 Å². The van der Waals surface area contributed by atoms with Gasteiger partial charge in [0.2, 0.25) is 11.8 Å². The molecule has 39 heavy (non-hydrogen) atoms. The molecule has 6 rings (SSSR count). The van der Waals surface area contributed by atoms with E-state index in [1.54, 1.807) is 11.0 Å².